The fourth-order valence-electron chi connectivity index (χ4n) is 4.83. The predicted molar refractivity (Wildman–Crippen MR) is 141 cm³/mol. The molecule has 0 bridgehead atoms. The number of pyridine rings is 1. The fraction of sp³-hybridized carbons (Fsp3) is 0.286. The van der Waals surface area contributed by atoms with E-state index < -0.39 is 4.92 Å². The van der Waals surface area contributed by atoms with Crippen LogP contribution >= 0.6 is 0 Å². The first kappa shape index (κ1) is 24.6. The Kier molecular flexibility index (Phi) is 7.53. The van der Waals surface area contributed by atoms with Gasteiger partial charge in [-0.1, -0.05) is 30.3 Å². The number of hydrogen-bond donors (Lipinski definition) is 2. The first-order valence-corrected chi connectivity index (χ1v) is 12.4. The van der Waals surface area contributed by atoms with Crippen LogP contribution < -0.4 is 5.32 Å². The van der Waals surface area contributed by atoms with E-state index in [4.69, 9.17) is 4.74 Å². The standard InChI is InChI=1S/C28H29N5O4/c34-28(30-10-11-32-12-14-37-15-13-32)18-24(20-4-3-5-22(16-20)33(35)36)25-19-31-27-17-21(7-8-23(25)27)26-6-1-2-9-29-26/h1-9,16-17,19,24,31H,10-15,18H2,(H,30,34). The number of nitro benzene ring substituents is 1. The van der Waals surface area contributed by atoms with Gasteiger partial charge in [-0.15, -0.1) is 0 Å². The molecular weight excluding hydrogens is 470 g/mol. The highest BCUT2D eigenvalue weighted by atomic mass is 16.6. The third-order valence-corrected chi connectivity index (χ3v) is 6.78. The molecule has 1 aliphatic rings. The molecule has 2 aromatic carbocycles. The van der Waals surface area contributed by atoms with Gasteiger partial charge >= 0.3 is 0 Å². The van der Waals surface area contributed by atoms with Gasteiger partial charge in [-0.05, 0) is 29.3 Å². The maximum atomic E-state index is 13.1. The van der Waals surface area contributed by atoms with Gasteiger partial charge < -0.3 is 15.0 Å². The second-order valence-electron chi connectivity index (χ2n) is 9.13. The van der Waals surface area contributed by atoms with Crippen LogP contribution in [0.25, 0.3) is 22.2 Å². The maximum absolute atomic E-state index is 13.1. The number of hydrogen-bond acceptors (Lipinski definition) is 6. The molecule has 3 heterocycles. The van der Waals surface area contributed by atoms with Crippen LogP contribution in [-0.4, -0.2) is 65.1 Å². The van der Waals surface area contributed by atoms with Crippen molar-refractivity contribution in [3.63, 3.8) is 0 Å². The van der Waals surface area contributed by atoms with Crippen LogP contribution in [0.4, 0.5) is 5.69 Å². The number of non-ortho nitro benzene ring substituents is 1. The quantitative estimate of drug-likeness (QED) is 0.265. The number of rotatable bonds is 9. The van der Waals surface area contributed by atoms with Crippen LogP contribution in [0.2, 0.25) is 0 Å². The average Bonchev–Trinajstić information content (AvgIpc) is 3.36. The molecule has 2 N–H and O–H groups in total. The molecule has 190 valence electrons. The van der Waals surface area contributed by atoms with Crippen LogP contribution in [0.3, 0.4) is 0 Å². The van der Waals surface area contributed by atoms with Crippen LogP contribution in [0.1, 0.15) is 23.5 Å². The van der Waals surface area contributed by atoms with E-state index in [1.807, 2.05) is 48.7 Å². The van der Waals surface area contributed by atoms with Crippen molar-refractivity contribution in [1.29, 1.82) is 0 Å². The van der Waals surface area contributed by atoms with Gasteiger partial charge in [0.05, 0.1) is 23.8 Å². The van der Waals surface area contributed by atoms with E-state index in [9.17, 15) is 14.9 Å². The lowest BCUT2D eigenvalue weighted by Crippen LogP contribution is -2.41. The number of fused-ring (bicyclic) bond motifs is 1. The Morgan fingerprint density at radius 3 is 2.78 bits per heavy atom. The average molecular weight is 500 g/mol. The molecule has 1 amide bonds. The van der Waals surface area contributed by atoms with E-state index in [1.165, 1.54) is 6.07 Å². The number of aromatic amines is 1. The summed E-state index contributed by atoms with van der Waals surface area (Å²) >= 11 is 0. The first-order valence-electron chi connectivity index (χ1n) is 12.4. The van der Waals surface area contributed by atoms with Gasteiger partial charge in [0.2, 0.25) is 5.91 Å². The molecule has 1 unspecified atom stereocenters. The zero-order chi connectivity index (χ0) is 25.6. The zero-order valence-electron chi connectivity index (χ0n) is 20.4. The summed E-state index contributed by atoms with van der Waals surface area (Å²) in [5, 5.41) is 15.5. The Labute approximate surface area is 214 Å². The van der Waals surface area contributed by atoms with Crippen LogP contribution in [-0.2, 0) is 9.53 Å². The molecule has 0 saturated carbocycles. The molecule has 37 heavy (non-hydrogen) atoms. The van der Waals surface area contributed by atoms with Crippen LogP contribution in [0, 0.1) is 10.1 Å². The normalized spacial score (nSPS) is 14.9. The number of H-pyrrole nitrogens is 1. The van der Waals surface area contributed by atoms with Gasteiger partial charge in [0, 0.05) is 79.5 Å². The molecule has 2 aromatic heterocycles. The van der Waals surface area contributed by atoms with E-state index in [0.717, 1.165) is 52.9 Å². The maximum Gasteiger partial charge on any atom is 0.269 e. The van der Waals surface area contributed by atoms with Crippen molar-refractivity contribution < 1.29 is 14.5 Å². The van der Waals surface area contributed by atoms with E-state index >= 15 is 0 Å². The number of morpholine rings is 1. The van der Waals surface area contributed by atoms with Crippen LogP contribution in [0.5, 0.6) is 0 Å². The SMILES string of the molecule is O=C(CC(c1cccc([N+](=O)[O-])c1)c1c[nH]c2cc(-c3ccccn3)ccc12)NCCN1CCOCC1. The lowest BCUT2D eigenvalue weighted by Gasteiger charge is -2.26. The monoisotopic (exact) mass is 499 g/mol. The minimum absolute atomic E-state index is 0.00695. The second kappa shape index (κ2) is 11.3. The highest BCUT2D eigenvalue weighted by Gasteiger charge is 2.23. The van der Waals surface area contributed by atoms with Crippen molar-refractivity contribution in [1.82, 2.24) is 20.2 Å². The minimum atomic E-state index is -0.405. The van der Waals surface area contributed by atoms with E-state index in [-0.39, 0.29) is 23.9 Å². The molecule has 0 spiro atoms. The molecule has 1 atom stereocenters. The Balaban J connectivity index is 1.41. The van der Waals surface area contributed by atoms with Crippen molar-refractivity contribution >= 4 is 22.5 Å². The summed E-state index contributed by atoms with van der Waals surface area (Å²) in [6.07, 6.45) is 3.84. The molecular formula is C28H29N5O4. The Hall–Kier alpha value is -4.08. The Bertz CT molecular complexity index is 1380. The summed E-state index contributed by atoms with van der Waals surface area (Å²) in [5.41, 5.74) is 4.43. The molecule has 0 aliphatic carbocycles. The Morgan fingerprint density at radius 1 is 1.14 bits per heavy atom. The molecule has 1 aliphatic heterocycles. The smallest absolute Gasteiger partial charge is 0.269 e. The fourth-order valence-corrected chi connectivity index (χ4v) is 4.83. The topological polar surface area (TPSA) is 113 Å². The van der Waals surface area contributed by atoms with Crippen molar-refractivity contribution in [2.24, 2.45) is 0 Å². The summed E-state index contributed by atoms with van der Waals surface area (Å²) < 4.78 is 5.38. The number of benzene rings is 2. The second-order valence-corrected chi connectivity index (χ2v) is 9.13. The molecule has 5 rings (SSSR count). The van der Waals surface area contributed by atoms with Crippen LogP contribution in [0.15, 0.2) is 73.1 Å². The number of nitrogens with one attached hydrogen (secondary N) is 2. The molecule has 1 saturated heterocycles. The highest BCUT2D eigenvalue weighted by molar-refractivity contribution is 5.89. The predicted octanol–water partition coefficient (Wildman–Crippen LogP) is 4.11. The van der Waals surface area contributed by atoms with E-state index in [1.54, 1.807) is 18.3 Å². The molecule has 9 heteroatoms. The summed E-state index contributed by atoms with van der Waals surface area (Å²) in [6.45, 7) is 4.46. The molecule has 4 aromatic rings. The van der Waals surface area contributed by atoms with E-state index in [0.29, 0.717) is 19.8 Å². The number of amides is 1. The van der Waals surface area contributed by atoms with Gasteiger partial charge in [-0.3, -0.25) is 24.8 Å². The van der Waals surface area contributed by atoms with Crippen molar-refractivity contribution in [2.45, 2.75) is 12.3 Å². The van der Waals surface area contributed by atoms with E-state index in [2.05, 4.69) is 20.2 Å². The third-order valence-electron chi connectivity index (χ3n) is 6.78. The van der Waals surface area contributed by atoms with Gasteiger partial charge in [-0.2, -0.15) is 0 Å². The van der Waals surface area contributed by atoms with Gasteiger partial charge in [-0.25, -0.2) is 0 Å². The highest BCUT2D eigenvalue weighted by Crippen LogP contribution is 2.36. The van der Waals surface area contributed by atoms with Crippen molar-refractivity contribution in [2.75, 3.05) is 39.4 Å². The number of nitro groups is 1. The van der Waals surface area contributed by atoms with Crippen molar-refractivity contribution in [3.05, 3.63) is 94.3 Å². The number of aromatic nitrogens is 2. The molecule has 9 nitrogen and oxygen atoms in total. The summed E-state index contributed by atoms with van der Waals surface area (Å²) in [5.74, 6) is -0.443. The first-order chi connectivity index (χ1) is 18.1. The summed E-state index contributed by atoms with van der Waals surface area (Å²) in [4.78, 5) is 34.1. The number of carbonyl (C=O) groups is 1. The summed E-state index contributed by atoms with van der Waals surface area (Å²) in [7, 11) is 0. The zero-order valence-corrected chi connectivity index (χ0v) is 20.4. The third kappa shape index (κ3) is 5.84. The Morgan fingerprint density at radius 2 is 2.00 bits per heavy atom. The number of carbonyl (C=O) groups excluding carboxylic acids is 1. The number of nitrogens with zero attached hydrogens (tertiary/aromatic N) is 3. The van der Waals surface area contributed by atoms with Gasteiger partial charge in [0.15, 0.2) is 0 Å². The lowest BCUT2D eigenvalue weighted by molar-refractivity contribution is -0.384. The molecule has 0 radical (unpaired) electrons. The van der Waals surface area contributed by atoms with Gasteiger partial charge in [0.1, 0.15) is 0 Å². The summed E-state index contributed by atoms with van der Waals surface area (Å²) in [6, 6.07) is 18.4. The largest absolute Gasteiger partial charge is 0.379 e. The minimum Gasteiger partial charge on any atom is -0.379 e. The van der Waals surface area contributed by atoms with Gasteiger partial charge in [0.25, 0.3) is 5.69 Å². The molecule has 1 fully saturated rings. The van der Waals surface area contributed by atoms with Crippen molar-refractivity contribution in [3.8, 4) is 11.3 Å². The lowest BCUT2D eigenvalue weighted by atomic mass is 9.87. The number of ether oxygens (including phenoxy) is 1.